The van der Waals surface area contributed by atoms with Gasteiger partial charge in [0.2, 0.25) is 10.0 Å². The van der Waals surface area contributed by atoms with E-state index in [1.54, 1.807) is 7.05 Å². The highest BCUT2D eigenvalue weighted by Gasteiger charge is 2.08. The van der Waals surface area contributed by atoms with Crippen LogP contribution in [-0.4, -0.2) is 60.1 Å². The third kappa shape index (κ3) is 11.9. The lowest BCUT2D eigenvalue weighted by atomic mass is 10.3. The topological polar surface area (TPSA) is 93.7 Å². The van der Waals surface area contributed by atoms with Gasteiger partial charge < -0.3 is 14.8 Å². The van der Waals surface area contributed by atoms with Crippen molar-refractivity contribution in [2.45, 2.75) is 13.3 Å². The molecule has 0 radical (unpaired) electrons. The lowest BCUT2D eigenvalue weighted by molar-refractivity contribution is -0.118. The summed E-state index contributed by atoms with van der Waals surface area (Å²) in [5.74, 6) is -0.309. The Morgan fingerprint density at radius 1 is 1.11 bits per heavy atom. The maximum atomic E-state index is 11.4. The van der Waals surface area contributed by atoms with Crippen LogP contribution in [0.5, 0.6) is 0 Å². The summed E-state index contributed by atoms with van der Waals surface area (Å²) in [7, 11) is -1.65. The normalized spacial score (nSPS) is 11.7. The van der Waals surface area contributed by atoms with E-state index in [0.29, 0.717) is 26.2 Å². The number of rotatable bonds is 12. The molecule has 18 heavy (non-hydrogen) atoms. The molecule has 0 aromatic rings. The van der Waals surface area contributed by atoms with Crippen molar-refractivity contribution in [2.75, 3.05) is 45.9 Å². The zero-order chi connectivity index (χ0) is 13.9. The molecule has 0 saturated carbocycles. The van der Waals surface area contributed by atoms with Crippen molar-refractivity contribution in [1.82, 2.24) is 10.0 Å². The van der Waals surface area contributed by atoms with Gasteiger partial charge in [0.25, 0.3) is 0 Å². The summed E-state index contributed by atoms with van der Waals surface area (Å²) in [6.45, 7) is 3.15. The second-order valence-corrected chi connectivity index (χ2v) is 5.46. The number of Topliss-reactive ketones (excluding diaryl/α,β-unsaturated/α-hetero) is 1. The molecular formula is C10H22N2O5S. The number of nitrogens with one attached hydrogen (secondary N) is 2. The fraction of sp³-hybridized carbons (Fsp3) is 0.900. The quantitative estimate of drug-likeness (QED) is 0.450. The molecule has 0 amide bonds. The van der Waals surface area contributed by atoms with Gasteiger partial charge >= 0.3 is 0 Å². The van der Waals surface area contributed by atoms with Crippen LogP contribution in [0.1, 0.15) is 13.3 Å². The standard InChI is InChI=1S/C10H22N2O5S/c1-10(13)3-6-16-8-5-12-18(14,15)9-17-7-4-11-2/h11-12H,3-9H2,1-2H3. The molecule has 0 aliphatic heterocycles. The van der Waals surface area contributed by atoms with Gasteiger partial charge in [-0.05, 0) is 14.0 Å². The molecule has 8 heteroatoms. The first-order valence-electron chi connectivity index (χ1n) is 5.75. The molecule has 0 aromatic carbocycles. The summed E-state index contributed by atoms with van der Waals surface area (Å²) in [4.78, 5) is 10.6. The van der Waals surface area contributed by atoms with Crippen molar-refractivity contribution in [2.24, 2.45) is 0 Å². The van der Waals surface area contributed by atoms with E-state index < -0.39 is 10.0 Å². The number of carbonyl (C=O) groups is 1. The first kappa shape index (κ1) is 17.5. The Morgan fingerprint density at radius 2 is 1.78 bits per heavy atom. The molecule has 0 fully saturated rings. The van der Waals surface area contributed by atoms with Crippen LogP contribution in [0.2, 0.25) is 0 Å². The van der Waals surface area contributed by atoms with Gasteiger partial charge in [0.05, 0.1) is 19.8 Å². The number of likely N-dealkylation sites (N-methyl/N-ethyl adjacent to an activating group) is 1. The molecule has 0 unspecified atom stereocenters. The summed E-state index contributed by atoms with van der Waals surface area (Å²) >= 11 is 0. The highest BCUT2D eigenvalue weighted by Crippen LogP contribution is 1.87. The average Bonchev–Trinajstić information content (AvgIpc) is 2.29. The predicted octanol–water partition coefficient (Wildman–Crippen LogP) is -0.905. The highest BCUT2D eigenvalue weighted by atomic mass is 32.2. The first-order chi connectivity index (χ1) is 8.48. The van der Waals surface area contributed by atoms with Gasteiger partial charge in [0.15, 0.2) is 5.94 Å². The predicted molar refractivity (Wildman–Crippen MR) is 67.8 cm³/mol. The van der Waals surface area contributed by atoms with Crippen molar-refractivity contribution in [3.05, 3.63) is 0 Å². The van der Waals surface area contributed by atoms with E-state index in [1.807, 2.05) is 0 Å². The Balaban J connectivity index is 3.49. The molecule has 0 aliphatic rings. The Morgan fingerprint density at radius 3 is 2.39 bits per heavy atom. The van der Waals surface area contributed by atoms with Crippen LogP contribution in [0.4, 0.5) is 0 Å². The van der Waals surface area contributed by atoms with Crippen LogP contribution in [0, 0.1) is 0 Å². The van der Waals surface area contributed by atoms with E-state index in [4.69, 9.17) is 9.47 Å². The summed E-state index contributed by atoms with van der Waals surface area (Å²) in [6, 6.07) is 0. The maximum absolute atomic E-state index is 11.4. The summed E-state index contributed by atoms with van der Waals surface area (Å²) < 4.78 is 35.1. The van der Waals surface area contributed by atoms with E-state index >= 15 is 0 Å². The van der Waals surface area contributed by atoms with Crippen molar-refractivity contribution in [3.63, 3.8) is 0 Å². The summed E-state index contributed by atoms with van der Waals surface area (Å²) in [5.41, 5.74) is 0. The van der Waals surface area contributed by atoms with E-state index in [2.05, 4.69) is 10.0 Å². The minimum atomic E-state index is -3.41. The molecule has 0 atom stereocenters. The maximum Gasteiger partial charge on any atom is 0.235 e. The molecule has 0 rings (SSSR count). The zero-order valence-corrected chi connectivity index (χ0v) is 11.7. The fourth-order valence-corrected chi connectivity index (χ4v) is 1.79. The number of ether oxygens (including phenoxy) is 2. The molecule has 0 aromatic heterocycles. The summed E-state index contributed by atoms with van der Waals surface area (Å²) in [5, 5.41) is 2.84. The Labute approximate surface area is 108 Å². The minimum Gasteiger partial charge on any atom is -0.380 e. The number of sulfonamides is 1. The number of hydrogen-bond acceptors (Lipinski definition) is 6. The number of carbonyl (C=O) groups excluding carboxylic acids is 1. The first-order valence-corrected chi connectivity index (χ1v) is 7.40. The SMILES string of the molecule is CNCCOCS(=O)(=O)NCCOCCC(C)=O. The van der Waals surface area contributed by atoms with E-state index in [9.17, 15) is 13.2 Å². The van der Waals surface area contributed by atoms with Gasteiger partial charge in [-0.15, -0.1) is 0 Å². The van der Waals surface area contributed by atoms with Gasteiger partial charge in [-0.25, -0.2) is 13.1 Å². The van der Waals surface area contributed by atoms with Crippen molar-refractivity contribution >= 4 is 15.8 Å². The van der Waals surface area contributed by atoms with Crippen LogP contribution < -0.4 is 10.0 Å². The van der Waals surface area contributed by atoms with Crippen LogP contribution in [0.25, 0.3) is 0 Å². The monoisotopic (exact) mass is 282 g/mol. The smallest absolute Gasteiger partial charge is 0.235 e. The van der Waals surface area contributed by atoms with Crippen molar-refractivity contribution in [3.8, 4) is 0 Å². The third-order valence-corrected chi connectivity index (χ3v) is 3.02. The molecule has 108 valence electrons. The Kier molecular flexibility index (Phi) is 10.1. The van der Waals surface area contributed by atoms with Crippen LogP contribution in [0.15, 0.2) is 0 Å². The van der Waals surface area contributed by atoms with Gasteiger partial charge in [0.1, 0.15) is 5.78 Å². The summed E-state index contributed by atoms with van der Waals surface area (Å²) in [6.07, 6.45) is 0.347. The van der Waals surface area contributed by atoms with E-state index in [-0.39, 0.29) is 24.9 Å². The Hall–Kier alpha value is -0.540. The van der Waals surface area contributed by atoms with E-state index in [1.165, 1.54) is 6.92 Å². The molecule has 0 spiro atoms. The lowest BCUT2D eigenvalue weighted by Gasteiger charge is -2.07. The van der Waals surface area contributed by atoms with Crippen LogP contribution in [-0.2, 0) is 24.3 Å². The van der Waals surface area contributed by atoms with Gasteiger partial charge in [-0.3, -0.25) is 4.79 Å². The molecule has 7 nitrogen and oxygen atoms in total. The second-order valence-electron chi connectivity index (χ2n) is 3.70. The second kappa shape index (κ2) is 10.4. The van der Waals surface area contributed by atoms with Crippen LogP contribution >= 0.6 is 0 Å². The highest BCUT2D eigenvalue weighted by molar-refractivity contribution is 7.89. The molecule has 0 heterocycles. The lowest BCUT2D eigenvalue weighted by Crippen LogP contribution is -2.31. The third-order valence-electron chi connectivity index (χ3n) is 1.90. The van der Waals surface area contributed by atoms with Crippen molar-refractivity contribution < 1.29 is 22.7 Å². The molecule has 0 saturated heterocycles. The fourth-order valence-electron chi connectivity index (χ4n) is 0.972. The zero-order valence-electron chi connectivity index (χ0n) is 10.9. The molecule has 2 N–H and O–H groups in total. The minimum absolute atomic E-state index is 0.0496. The molecule has 0 bridgehead atoms. The molecule has 0 aliphatic carbocycles. The average molecular weight is 282 g/mol. The van der Waals surface area contributed by atoms with Gasteiger partial charge in [0, 0.05) is 19.5 Å². The number of ketones is 1. The van der Waals surface area contributed by atoms with Gasteiger partial charge in [-0.2, -0.15) is 0 Å². The van der Waals surface area contributed by atoms with E-state index in [0.717, 1.165) is 0 Å². The largest absolute Gasteiger partial charge is 0.380 e. The van der Waals surface area contributed by atoms with Gasteiger partial charge in [-0.1, -0.05) is 0 Å². The van der Waals surface area contributed by atoms with Crippen molar-refractivity contribution in [1.29, 1.82) is 0 Å². The molecular weight excluding hydrogens is 260 g/mol. The van der Waals surface area contributed by atoms with Crippen LogP contribution in [0.3, 0.4) is 0 Å². The number of hydrogen-bond donors (Lipinski definition) is 2. The Bertz CT molecular complexity index is 318.